The van der Waals surface area contributed by atoms with E-state index < -0.39 is 0 Å². The van der Waals surface area contributed by atoms with E-state index in [0.717, 1.165) is 18.6 Å². The molecule has 1 aromatic rings. The van der Waals surface area contributed by atoms with Crippen LogP contribution in [0.15, 0.2) is 29.4 Å². The number of hydrogen-bond donors (Lipinski definition) is 2. The van der Waals surface area contributed by atoms with E-state index in [9.17, 15) is 4.79 Å². The van der Waals surface area contributed by atoms with Gasteiger partial charge in [0.1, 0.15) is 0 Å². The minimum atomic E-state index is -0.180. The highest BCUT2D eigenvalue weighted by Gasteiger charge is 2.16. The minimum Gasteiger partial charge on any atom is -0.399 e. The topological polar surface area (TPSA) is 67.5 Å². The van der Waals surface area contributed by atoms with Gasteiger partial charge in [0, 0.05) is 17.0 Å². The molecule has 1 aromatic carbocycles. The molecule has 3 N–H and O–H groups in total. The maximum absolute atomic E-state index is 11.8. The van der Waals surface area contributed by atoms with Gasteiger partial charge >= 0.3 is 0 Å². The van der Waals surface area contributed by atoms with Crippen LogP contribution in [-0.4, -0.2) is 11.6 Å². The van der Waals surface area contributed by atoms with Gasteiger partial charge in [-0.1, -0.05) is 13.3 Å². The number of anilines is 1. The number of hydrogen-bond acceptors (Lipinski definition) is 3. The fraction of sp³-hybridized carbons (Fsp3) is 0.429. The van der Waals surface area contributed by atoms with Crippen molar-refractivity contribution in [3.05, 3.63) is 29.8 Å². The first-order valence-electron chi connectivity index (χ1n) is 6.39. The highest BCUT2D eigenvalue weighted by atomic mass is 16.2. The van der Waals surface area contributed by atoms with Crippen LogP contribution in [0.25, 0.3) is 0 Å². The van der Waals surface area contributed by atoms with Crippen molar-refractivity contribution in [3.63, 3.8) is 0 Å². The third-order valence-corrected chi connectivity index (χ3v) is 3.36. The second-order valence-electron chi connectivity index (χ2n) is 4.81. The molecule has 4 nitrogen and oxygen atoms in total. The Morgan fingerprint density at radius 3 is 2.72 bits per heavy atom. The molecule has 1 aliphatic rings. The summed E-state index contributed by atoms with van der Waals surface area (Å²) in [5.41, 5.74) is 10.5. The molecule has 96 valence electrons. The summed E-state index contributed by atoms with van der Waals surface area (Å²) in [4.78, 5) is 11.8. The van der Waals surface area contributed by atoms with E-state index in [4.69, 9.17) is 5.73 Å². The summed E-state index contributed by atoms with van der Waals surface area (Å²) in [5.74, 6) is 0.297. The molecule has 0 aliphatic heterocycles. The highest BCUT2D eigenvalue weighted by Crippen LogP contribution is 2.20. The van der Waals surface area contributed by atoms with Gasteiger partial charge in [0.05, 0.1) is 0 Å². The third-order valence-electron chi connectivity index (χ3n) is 3.36. The van der Waals surface area contributed by atoms with Gasteiger partial charge in [-0.15, -0.1) is 0 Å². The zero-order valence-corrected chi connectivity index (χ0v) is 10.6. The molecule has 18 heavy (non-hydrogen) atoms. The maximum atomic E-state index is 11.8. The van der Waals surface area contributed by atoms with Crippen LogP contribution >= 0.6 is 0 Å². The van der Waals surface area contributed by atoms with E-state index in [1.54, 1.807) is 24.3 Å². The summed E-state index contributed by atoms with van der Waals surface area (Å²) in [6.45, 7) is 2.16. The predicted molar refractivity (Wildman–Crippen MR) is 73.4 cm³/mol. The molecule has 4 heteroatoms. The average molecular weight is 245 g/mol. The molecule has 2 rings (SSSR count). The number of hydrazone groups is 1. The molecule has 1 saturated carbocycles. The molecule has 0 saturated heterocycles. The van der Waals surface area contributed by atoms with Crippen molar-refractivity contribution < 1.29 is 4.79 Å². The Morgan fingerprint density at radius 2 is 2.06 bits per heavy atom. The zero-order chi connectivity index (χ0) is 13.0. The molecule has 1 atom stereocenters. The summed E-state index contributed by atoms with van der Waals surface area (Å²) in [5, 5.41) is 4.25. The van der Waals surface area contributed by atoms with Gasteiger partial charge in [-0.2, -0.15) is 5.10 Å². The summed E-state index contributed by atoms with van der Waals surface area (Å²) in [6.07, 6.45) is 4.58. The van der Waals surface area contributed by atoms with Crippen LogP contribution < -0.4 is 11.2 Å². The quantitative estimate of drug-likeness (QED) is 0.621. The van der Waals surface area contributed by atoms with Gasteiger partial charge in [-0.3, -0.25) is 4.79 Å². The van der Waals surface area contributed by atoms with Crippen LogP contribution in [0.1, 0.15) is 43.0 Å². The Hall–Kier alpha value is -1.84. The van der Waals surface area contributed by atoms with Gasteiger partial charge in [0.15, 0.2) is 0 Å². The lowest BCUT2D eigenvalue weighted by Crippen LogP contribution is -2.24. The number of benzene rings is 1. The van der Waals surface area contributed by atoms with Crippen LogP contribution in [0, 0.1) is 5.92 Å². The highest BCUT2D eigenvalue weighted by molar-refractivity contribution is 5.96. The standard InChI is InChI=1S/C14H19N3O/c1-10-4-2-3-5-13(10)16-17-14(18)11-6-8-12(15)9-7-11/h6-10H,2-5,15H2,1H3,(H,17,18)/b16-13-/t10-/m0/s1. The SMILES string of the molecule is C[C@H]1CCCC/C1=N/NC(=O)c1ccc(N)cc1. The summed E-state index contributed by atoms with van der Waals surface area (Å²) in [6, 6.07) is 6.83. The van der Waals surface area contributed by atoms with Crippen LogP contribution in [0.2, 0.25) is 0 Å². The largest absolute Gasteiger partial charge is 0.399 e. The Labute approximate surface area is 107 Å². The first-order valence-corrected chi connectivity index (χ1v) is 6.39. The Kier molecular flexibility index (Phi) is 3.97. The van der Waals surface area contributed by atoms with Crippen molar-refractivity contribution in [2.24, 2.45) is 11.0 Å². The fourth-order valence-corrected chi connectivity index (χ4v) is 2.16. The number of nitrogens with zero attached hydrogens (tertiary/aromatic N) is 1. The van der Waals surface area contributed by atoms with Crippen molar-refractivity contribution >= 4 is 17.3 Å². The van der Waals surface area contributed by atoms with E-state index in [-0.39, 0.29) is 5.91 Å². The monoisotopic (exact) mass is 245 g/mol. The molecule has 1 aliphatic carbocycles. The first kappa shape index (κ1) is 12.6. The smallest absolute Gasteiger partial charge is 0.271 e. The second-order valence-corrected chi connectivity index (χ2v) is 4.81. The molecule has 1 fully saturated rings. The van der Waals surface area contributed by atoms with Crippen LogP contribution in [-0.2, 0) is 0 Å². The Balaban J connectivity index is 1.99. The van der Waals surface area contributed by atoms with Gasteiger partial charge in [-0.05, 0) is 49.4 Å². The number of rotatable bonds is 2. The number of amides is 1. The van der Waals surface area contributed by atoms with Crippen molar-refractivity contribution in [3.8, 4) is 0 Å². The molecule has 0 spiro atoms. The summed E-state index contributed by atoms with van der Waals surface area (Å²) < 4.78 is 0. The Morgan fingerprint density at radius 1 is 1.33 bits per heavy atom. The van der Waals surface area contributed by atoms with Crippen molar-refractivity contribution in [1.82, 2.24) is 5.43 Å². The number of carbonyl (C=O) groups excluding carboxylic acids is 1. The normalized spacial score (nSPS) is 21.8. The summed E-state index contributed by atoms with van der Waals surface area (Å²) in [7, 11) is 0. The molecule has 0 radical (unpaired) electrons. The van der Waals surface area contributed by atoms with E-state index in [1.165, 1.54) is 12.8 Å². The molecule has 0 aromatic heterocycles. The van der Waals surface area contributed by atoms with Gasteiger partial charge in [-0.25, -0.2) is 5.43 Å². The lowest BCUT2D eigenvalue weighted by atomic mass is 9.89. The molecule has 0 bridgehead atoms. The third kappa shape index (κ3) is 3.09. The lowest BCUT2D eigenvalue weighted by molar-refractivity contribution is 0.0954. The van der Waals surface area contributed by atoms with E-state index >= 15 is 0 Å². The fourth-order valence-electron chi connectivity index (χ4n) is 2.16. The van der Waals surface area contributed by atoms with Crippen LogP contribution in [0.3, 0.4) is 0 Å². The zero-order valence-electron chi connectivity index (χ0n) is 10.6. The Bertz CT molecular complexity index is 451. The minimum absolute atomic E-state index is 0.180. The predicted octanol–water partition coefficient (Wildman–Crippen LogP) is 2.56. The summed E-state index contributed by atoms with van der Waals surface area (Å²) >= 11 is 0. The number of nitrogens with two attached hydrogens (primary N) is 1. The average Bonchev–Trinajstić information content (AvgIpc) is 2.38. The number of carbonyl (C=O) groups is 1. The van der Waals surface area contributed by atoms with Crippen molar-refractivity contribution in [2.45, 2.75) is 32.6 Å². The van der Waals surface area contributed by atoms with E-state index in [2.05, 4.69) is 17.5 Å². The molecule has 0 unspecified atom stereocenters. The van der Waals surface area contributed by atoms with E-state index in [1.807, 2.05) is 0 Å². The molecule has 0 heterocycles. The van der Waals surface area contributed by atoms with Gasteiger partial charge < -0.3 is 5.73 Å². The molecule has 1 amide bonds. The second kappa shape index (κ2) is 5.67. The first-order chi connectivity index (χ1) is 8.66. The van der Waals surface area contributed by atoms with Gasteiger partial charge in [0.25, 0.3) is 5.91 Å². The molecular formula is C14H19N3O. The van der Waals surface area contributed by atoms with Crippen molar-refractivity contribution in [1.29, 1.82) is 0 Å². The van der Waals surface area contributed by atoms with Crippen LogP contribution in [0.5, 0.6) is 0 Å². The van der Waals surface area contributed by atoms with Crippen LogP contribution in [0.4, 0.5) is 5.69 Å². The van der Waals surface area contributed by atoms with Crippen molar-refractivity contribution in [2.75, 3.05) is 5.73 Å². The lowest BCUT2D eigenvalue weighted by Gasteiger charge is -2.19. The maximum Gasteiger partial charge on any atom is 0.271 e. The van der Waals surface area contributed by atoms with E-state index in [0.29, 0.717) is 17.2 Å². The number of nitrogen functional groups attached to an aromatic ring is 1. The van der Waals surface area contributed by atoms with Gasteiger partial charge in [0.2, 0.25) is 0 Å². The number of nitrogens with one attached hydrogen (secondary N) is 1. The molecular weight excluding hydrogens is 226 g/mol.